The Labute approximate surface area is 119 Å². The lowest BCUT2D eigenvalue weighted by Crippen LogP contribution is -2.35. The molecule has 0 amide bonds. The van der Waals surface area contributed by atoms with Crippen molar-refractivity contribution in [3.8, 4) is 0 Å². The molecule has 0 N–H and O–H groups in total. The van der Waals surface area contributed by atoms with Crippen molar-refractivity contribution in [3.63, 3.8) is 0 Å². The van der Waals surface area contributed by atoms with Gasteiger partial charge in [0.25, 0.3) is 0 Å². The SMILES string of the molecule is CSc1ccc(CN2CCn3cccc3C2C)cc1. The van der Waals surface area contributed by atoms with Crippen molar-refractivity contribution in [1.82, 2.24) is 9.47 Å². The number of fused-ring (bicyclic) bond motifs is 1. The smallest absolute Gasteiger partial charge is 0.0476 e. The molecule has 0 radical (unpaired) electrons. The second-order valence-corrected chi connectivity index (χ2v) is 6.00. The maximum absolute atomic E-state index is 2.56. The second-order valence-electron chi connectivity index (χ2n) is 5.12. The lowest BCUT2D eigenvalue weighted by Gasteiger charge is -2.34. The van der Waals surface area contributed by atoms with Crippen LogP contribution in [0.25, 0.3) is 0 Å². The first-order chi connectivity index (χ1) is 9.28. The van der Waals surface area contributed by atoms with Gasteiger partial charge >= 0.3 is 0 Å². The topological polar surface area (TPSA) is 8.17 Å². The van der Waals surface area contributed by atoms with Gasteiger partial charge in [0.15, 0.2) is 0 Å². The van der Waals surface area contributed by atoms with Crippen LogP contribution in [0.15, 0.2) is 47.5 Å². The van der Waals surface area contributed by atoms with Crippen molar-refractivity contribution in [1.29, 1.82) is 0 Å². The van der Waals surface area contributed by atoms with Gasteiger partial charge in [-0.05, 0) is 43.0 Å². The Hall–Kier alpha value is -1.19. The monoisotopic (exact) mass is 272 g/mol. The molecule has 1 atom stereocenters. The van der Waals surface area contributed by atoms with E-state index >= 15 is 0 Å². The van der Waals surface area contributed by atoms with Crippen LogP contribution in [0, 0.1) is 0 Å². The normalized spacial score (nSPS) is 19.4. The summed E-state index contributed by atoms with van der Waals surface area (Å²) in [5, 5.41) is 0. The van der Waals surface area contributed by atoms with Crippen molar-refractivity contribution in [3.05, 3.63) is 53.9 Å². The predicted molar refractivity (Wildman–Crippen MR) is 81.5 cm³/mol. The van der Waals surface area contributed by atoms with E-state index in [1.165, 1.54) is 16.2 Å². The van der Waals surface area contributed by atoms with E-state index in [2.05, 4.69) is 65.2 Å². The highest BCUT2D eigenvalue weighted by atomic mass is 32.2. The zero-order valence-corrected chi connectivity index (χ0v) is 12.4. The molecule has 1 aromatic carbocycles. The van der Waals surface area contributed by atoms with E-state index in [4.69, 9.17) is 0 Å². The molecule has 0 bridgehead atoms. The van der Waals surface area contributed by atoms with Gasteiger partial charge in [0.2, 0.25) is 0 Å². The summed E-state index contributed by atoms with van der Waals surface area (Å²) < 4.78 is 2.37. The van der Waals surface area contributed by atoms with Gasteiger partial charge in [0.1, 0.15) is 0 Å². The van der Waals surface area contributed by atoms with E-state index in [1.807, 2.05) is 0 Å². The largest absolute Gasteiger partial charge is 0.349 e. The van der Waals surface area contributed by atoms with Crippen LogP contribution >= 0.6 is 11.8 Å². The number of thioether (sulfide) groups is 1. The lowest BCUT2D eigenvalue weighted by molar-refractivity contribution is 0.161. The van der Waals surface area contributed by atoms with Gasteiger partial charge in [0, 0.05) is 42.5 Å². The fraction of sp³-hybridized carbons (Fsp3) is 0.375. The van der Waals surface area contributed by atoms with E-state index in [0.29, 0.717) is 6.04 Å². The summed E-state index contributed by atoms with van der Waals surface area (Å²) in [6.45, 7) is 5.59. The minimum atomic E-state index is 0.504. The summed E-state index contributed by atoms with van der Waals surface area (Å²) in [7, 11) is 0. The molecule has 100 valence electrons. The third-order valence-corrected chi connectivity index (χ3v) is 4.76. The van der Waals surface area contributed by atoms with Crippen LogP contribution in [0.2, 0.25) is 0 Å². The standard InChI is InChI=1S/C16H20N2S/c1-13-16-4-3-9-17(16)10-11-18(13)12-14-5-7-15(19-2)8-6-14/h3-9,13H,10-12H2,1-2H3. The Kier molecular flexibility index (Phi) is 3.67. The molecule has 0 fully saturated rings. The zero-order chi connectivity index (χ0) is 13.2. The van der Waals surface area contributed by atoms with Crippen LogP contribution in [0.5, 0.6) is 0 Å². The minimum absolute atomic E-state index is 0.504. The van der Waals surface area contributed by atoms with Crippen LogP contribution in [-0.4, -0.2) is 22.3 Å². The maximum Gasteiger partial charge on any atom is 0.0476 e. The van der Waals surface area contributed by atoms with Crippen LogP contribution in [0.3, 0.4) is 0 Å². The number of aromatic nitrogens is 1. The Morgan fingerprint density at radius 1 is 1.16 bits per heavy atom. The van der Waals surface area contributed by atoms with Crippen molar-refractivity contribution < 1.29 is 0 Å². The lowest BCUT2D eigenvalue weighted by atomic mass is 10.1. The Morgan fingerprint density at radius 3 is 2.68 bits per heavy atom. The molecule has 1 aliphatic rings. The van der Waals surface area contributed by atoms with Crippen molar-refractivity contribution in [2.24, 2.45) is 0 Å². The molecule has 1 unspecified atom stereocenters. The number of nitrogens with zero attached hydrogens (tertiary/aromatic N) is 2. The molecule has 0 saturated carbocycles. The summed E-state index contributed by atoms with van der Waals surface area (Å²) in [5.41, 5.74) is 2.84. The molecule has 1 aliphatic heterocycles. The number of hydrogen-bond acceptors (Lipinski definition) is 2. The van der Waals surface area contributed by atoms with Crippen molar-refractivity contribution in [2.45, 2.75) is 31.0 Å². The Balaban J connectivity index is 1.73. The summed E-state index contributed by atoms with van der Waals surface area (Å²) in [4.78, 5) is 3.90. The van der Waals surface area contributed by atoms with Crippen molar-refractivity contribution in [2.75, 3.05) is 12.8 Å². The first-order valence-corrected chi connectivity index (χ1v) is 8.02. The average Bonchev–Trinajstić information content (AvgIpc) is 2.92. The highest BCUT2D eigenvalue weighted by molar-refractivity contribution is 7.98. The summed E-state index contributed by atoms with van der Waals surface area (Å²) in [5.74, 6) is 0. The number of rotatable bonds is 3. The third-order valence-electron chi connectivity index (χ3n) is 4.01. The quantitative estimate of drug-likeness (QED) is 0.786. The van der Waals surface area contributed by atoms with Crippen molar-refractivity contribution >= 4 is 11.8 Å². The van der Waals surface area contributed by atoms with E-state index in [9.17, 15) is 0 Å². The average molecular weight is 272 g/mol. The van der Waals surface area contributed by atoms with Gasteiger partial charge in [0.05, 0.1) is 0 Å². The zero-order valence-electron chi connectivity index (χ0n) is 11.5. The van der Waals surface area contributed by atoms with E-state index in [0.717, 1.165) is 19.6 Å². The highest BCUT2D eigenvalue weighted by Gasteiger charge is 2.23. The molecule has 0 saturated heterocycles. The molecule has 1 aromatic heterocycles. The fourth-order valence-corrected chi connectivity index (χ4v) is 3.22. The molecule has 19 heavy (non-hydrogen) atoms. The van der Waals surface area contributed by atoms with Gasteiger partial charge in [-0.25, -0.2) is 0 Å². The molecule has 2 heterocycles. The molecule has 0 spiro atoms. The molecule has 2 aromatic rings. The minimum Gasteiger partial charge on any atom is -0.349 e. The van der Waals surface area contributed by atoms with Gasteiger partial charge in [-0.1, -0.05) is 12.1 Å². The second kappa shape index (κ2) is 5.43. The first-order valence-electron chi connectivity index (χ1n) is 6.80. The van der Waals surface area contributed by atoms with Gasteiger partial charge in [-0.15, -0.1) is 11.8 Å². The van der Waals surface area contributed by atoms with E-state index in [1.54, 1.807) is 11.8 Å². The highest BCUT2D eigenvalue weighted by Crippen LogP contribution is 2.27. The first kappa shape index (κ1) is 12.8. The van der Waals surface area contributed by atoms with E-state index < -0.39 is 0 Å². The van der Waals surface area contributed by atoms with Crippen LogP contribution in [-0.2, 0) is 13.1 Å². The molecule has 2 nitrogen and oxygen atoms in total. The maximum atomic E-state index is 2.56. The molecular weight excluding hydrogens is 252 g/mol. The third kappa shape index (κ3) is 2.58. The van der Waals surface area contributed by atoms with Gasteiger partial charge in [-0.2, -0.15) is 0 Å². The number of hydrogen-bond donors (Lipinski definition) is 0. The molecular formula is C16H20N2S. The summed E-state index contributed by atoms with van der Waals surface area (Å²) in [6.07, 6.45) is 4.31. The van der Waals surface area contributed by atoms with Gasteiger partial charge in [-0.3, -0.25) is 4.90 Å². The summed E-state index contributed by atoms with van der Waals surface area (Å²) >= 11 is 1.80. The molecule has 3 heteroatoms. The fourth-order valence-electron chi connectivity index (χ4n) is 2.81. The predicted octanol–water partition coefficient (Wildman–Crippen LogP) is 3.79. The van der Waals surface area contributed by atoms with Gasteiger partial charge < -0.3 is 4.57 Å². The molecule has 3 rings (SSSR count). The Bertz CT molecular complexity index is 544. The number of benzene rings is 1. The van der Waals surface area contributed by atoms with Crippen LogP contribution < -0.4 is 0 Å². The van der Waals surface area contributed by atoms with Crippen LogP contribution in [0.4, 0.5) is 0 Å². The van der Waals surface area contributed by atoms with Crippen LogP contribution in [0.1, 0.15) is 24.2 Å². The Morgan fingerprint density at radius 2 is 1.95 bits per heavy atom. The molecule has 0 aliphatic carbocycles. The summed E-state index contributed by atoms with van der Waals surface area (Å²) in [6, 6.07) is 13.9. The van der Waals surface area contributed by atoms with E-state index in [-0.39, 0.29) is 0 Å².